The normalized spacial score (nSPS) is 11.7. The van der Waals surface area contributed by atoms with E-state index in [9.17, 15) is 4.79 Å². The first-order chi connectivity index (χ1) is 9.54. The Bertz CT molecular complexity index is 663. The van der Waals surface area contributed by atoms with Gasteiger partial charge in [-0.15, -0.1) is 23.1 Å². The van der Waals surface area contributed by atoms with Crippen LogP contribution in [-0.2, 0) is 0 Å². The van der Waals surface area contributed by atoms with E-state index in [-0.39, 0.29) is 5.91 Å². The van der Waals surface area contributed by atoms with Crippen molar-refractivity contribution in [2.75, 3.05) is 6.26 Å². The minimum atomic E-state index is -0.286. The van der Waals surface area contributed by atoms with Crippen LogP contribution in [0.4, 0.5) is 0 Å². The van der Waals surface area contributed by atoms with Crippen LogP contribution < -0.4 is 0 Å². The third-order valence-electron chi connectivity index (χ3n) is 2.52. The number of thioether (sulfide) groups is 1. The molecule has 0 spiro atoms. The summed E-state index contributed by atoms with van der Waals surface area (Å²) >= 11 is 14.9. The van der Waals surface area contributed by atoms with Crippen molar-refractivity contribution in [3.63, 3.8) is 0 Å². The molecule has 0 N–H and O–H groups in total. The predicted molar refractivity (Wildman–Crippen MR) is 87.7 cm³/mol. The van der Waals surface area contributed by atoms with E-state index in [2.05, 4.69) is 9.98 Å². The number of amides is 1. The molecule has 0 atom stereocenters. The fourth-order valence-corrected chi connectivity index (χ4v) is 3.62. The molecule has 0 unspecified atom stereocenters. The Hall–Kier alpha value is -0.880. The molecule has 2 rings (SSSR count). The Morgan fingerprint density at radius 3 is 2.50 bits per heavy atom. The molecule has 0 aromatic carbocycles. The highest BCUT2D eigenvalue weighted by atomic mass is 35.5. The zero-order chi connectivity index (χ0) is 14.7. The van der Waals surface area contributed by atoms with Crippen molar-refractivity contribution >= 4 is 57.3 Å². The highest BCUT2D eigenvalue weighted by Crippen LogP contribution is 2.28. The van der Waals surface area contributed by atoms with Crippen LogP contribution in [0.3, 0.4) is 0 Å². The highest BCUT2D eigenvalue weighted by molar-refractivity contribution is 8.13. The fourth-order valence-electron chi connectivity index (χ4n) is 1.55. The highest BCUT2D eigenvalue weighted by Gasteiger charge is 2.16. The number of aryl methyl sites for hydroxylation is 1. The van der Waals surface area contributed by atoms with Crippen LogP contribution in [0, 0.1) is 6.92 Å². The van der Waals surface area contributed by atoms with Gasteiger partial charge in [0.05, 0.1) is 14.9 Å². The van der Waals surface area contributed by atoms with Crippen molar-refractivity contribution in [1.29, 1.82) is 0 Å². The van der Waals surface area contributed by atoms with E-state index in [1.807, 2.05) is 24.6 Å². The number of carbonyl (C=O) groups is 1. The molecule has 0 aliphatic carbocycles. The van der Waals surface area contributed by atoms with Crippen LogP contribution in [0.5, 0.6) is 0 Å². The van der Waals surface area contributed by atoms with Gasteiger partial charge in [0.25, 0.3) is 5.91 Å². The maximum Gasteiger partial charge on any atom is 0.288 e. The summed E-state index contributed by atoms with van der Waals surface area (Å²) in [7, 11) is 0. The Balaban J connectivity index is 2.45. The number of carbonyl (C=O) groups excluding carboxylic acids is 1. The van der Waals surface area contributed by atoms with Crippen LogP contribution in [0.2, 0.25) is 10.0 Å². The topological polar surface area (TPSA) is 42.3 Å². The van der Waals surface area contributed by atoms with Crippen molar-refractivity contribution < 1.29 is 4.79 Å². The lowest BCUT2D eigenvalue weighted by molar-refractivity contribution is 0.101. The Kier molecular flexibility index (Phi) is 5.21. The molecular formula is C13H10Cl2N2OS2. The lowest BCUT2D eigenvalue weighted by Crippen LogP contribution is -2.04. The zero-order valence-electron chi connectivity index (χ0n) is 10.7. The van der Waals surface area contributed by atoms with E-state index in [1.54, 1.807) is 0 Å². The van der Waals surface area contributed by atoms with Crippen molar-refractivity contribution in [3.8, 4) is 0 Å². The summed E-state index contributed by atoms with van der Waals surface area (Å²) in [4.78, 5) is 20.9. The number of halogens is 2. The molecular weight excluding hydrogens is 335 g/mol. The van der Waals surface area contributed by atoms with Crippen molar-refractivity contribution in [1.82, 2.24) is 4.98 Å². The summed E-state index contributed by atoms with van der Waals surface area (Å²) < 4.78 is 0. The van der Waals surface area contributed by atoms with Gasteiger partial charge in [-0.1, -0.05) is 23.2 Å². The molecule has 2 heterocycles. The smallest absolute Gasteiger partial charge is 0.266 e. The lowest BCUT2D eigenvalue weighted by atomic mass is 10.2. The predicted octanol–water partition coefficient (Wildman–Crippen LogP) is 4.71. The second kappa shape index (κ2) is 6.72. The summed E-state index contributed by atoms with van der Waals surface area (Å²) in [6.45, 7) is 1.88. The van der Waals surface area contributed by atoms with E-state index in [0.29, 0.717) is 25.5 Å². The van der Waals surface area contributed by atoms with Crippen LogP contribution in [0.25, 0.3) is 0 Å². The summed E-state index contributed by atoms with van der Waals surface area (Å²) in [5.74, 6) is -0.286. The standard InChI is InChI=1S/C13H10Cl2N2OS2/c1-7-3-4-20-11(7)12(18)17-13(19-2)10-8(14)5-16-6-9(10)15/h3-6H,1-2H3. The number of nitrogens with zero attached hydrogens (tertiary/aromatic N) is 2. The van der Waals surface area contributed by atoms with E-state index in [0.717, 1.165) is 5.56 Å². The van der Waals surface area contributed by atoms with Crippen molar-refractivity contribution in [2.45, 2.75) is 6.92 Å². The number of hydrogen-bond donors (Lipinski definition) is 0. The molecule has 0 fully saturated rings. The van der Waals surface area contributed by atoms with Gasteiger partial charge < -0.3 is 0 Å². The second-order valence-electron chi connectivity index (χ2n) is 3.84. The first-order valence-corrected chi connectivity index (χ1v) is 8.41. The number of aliphatic imine (C=N–C) groups is 1. The molecule has 0 aliphatic rings. The average Bonchev–Trinajstić information content (AvgIpc) is 2.83. The summed E-state index contributed by atoms with van der Waals surface area (Å²) in [6.07, 6.45) is 4.78. The van der Waals surface area contributed by atoms with E-state index in [1.165, 1.54) is 35.5 Å². The number of hydrogen-bond acceptors (Lipinski definition) is 4. The minimum Gasteiger partial charge on any atom is -0.266 e. The molecule has 20 heavy (non-hydrogen) atoms. The van der Waals surface area contributed by atoms with Gasteiger partial charge in [-0.25, -0.2) is 4.99 Å². The maximum atomic E-state index is 12.2. The van der Waals surface area contributed by atoms with Gasteiger partial charge in [-0.3, -0.25) is 9.78 Å². The van der Waals surface area contributed by atoms with Crippen LogP contribution >= 0.6 is 46.3 Å². The first kappa shape index (κ1) is 15.5. The zero-order valence-corrected chi connectivity index (χ0v) is 13.8. The molecule has 0 aliphatic heterocycles. The van der Waals surface area contributed by atoms with Gasteiger partial charge in [0.15, 0.2) is 0 Å². The Morgan fingerprint density at radius 2 is 2.00 bits per heavy atom. The molecule has 104 valence electrons. The molecule has 2 aromatic rings. The number of rotatable bonds is 2. The SMILES string of the molecule is CSC(=NC(=O)c1sccc1C)c1c(Cl)cncc1Cl. The quantitative estimate of drug-likeness (QED) is 0.585. The Labute approximate surface area is 135 Å². The van der Waals surface area contributed by atoms with Crippen LogP contribution in [0.1, 0.15) is 20.8 Å². The first-order valence-electron chi connectivity index (χ1n) is 5.55. The largest absolute Gasteiger partial charge is 0.288 e. The lowest BCUT2D eigenvalue weighted by Gasteiger charge is -2.07. The maximum absolute atomic E-state index is 12.2. The average molecular weight is 345 g/mol. The van der Waals surface area contributed by atoms with Crippen molar-refractivity contribution in [3.05, 3.63) is 49.9 Å². The van der Waals surface area contributed by atoms with Gasteiger partial charge in [0.2, 0.25) is 0 Å². The molecule has 0 saturated heterocycles. The number of pyridine rings is 1. The summed E-state index contributed by atoms with van der Waals surface area (Å²) in [6, 6.07) is 1.89. The van der Waals surface area contributed by atoms with Gasteiger partial charge in [-0.05, 0) is 30.2 Å². The van der Waals surface area contributed by atoms with Crippen LogP contribution in [-0.4, -0.2) is 22.2 Å². The van der Waals surface area contributed by atoms with Gasteiger partial charge >= 0.3 is 0 Å². The molecule has 3 nitrogen and oxygen atoms in total. The molecule has 0 bridgehead atoms. The van der Waals surface area contributed by atoms with Crippen molar-refractivity contribution in [2.24, 2.45) is 4.99 Å². The van der Waals surface area contributed by atoms with E-state index >= 15 is 0 Å². The van der Waals surface area contributed by atoms with Crippen LogP contribution in [0.15, 0.2) is 28.8 Å². The molecule has 7 heteroatoms. The molecule has 0 saturated carbocycles. The third-order valence-corrected chi connectivity index (χ3v) is 4.78. The third kappa shape index (κ3) is 3.23. The number of thiophene rings is 1. The second-order valence-corrected chi connectivity index (χ2v) is 6.36. The van der Waals surface area contributed by atoms with Gasteiger partial charge in [-0.2, -0.15) is 0 Å². The summed E-state index contributed by atoms with van der Waals surface area (Å²) in [5, 5.41) is 3.10. The van der Waals surface area contributed by atoms with Gasteiger partial charge in [0.1, 0.15) is 5.04 Å². The van der Waals surface area contributed by atoms with Gasteiger partial charge in [0, 0.05) is 18.0 Å². The number of aromatic nitrogens is 1. The fraction of sp³-hybridized carbons (Fsp3) is 0.154. The molecule has 2 aromatic heterocycles. The Morgan fingerprint density at radius 1 is 1.35 bits per heavy atom. The summed E-state index contributed by atoms with van der Waals surface area (Å²) in [5.41, 5.74) is 1.45. The van der Waals surface area contributed by atoms with E-state index in [4.69, 9.17) is 23.2 Å². The molecule has 0 radical (unpaired) electrons. The van der Waals surface area contributed by atoms with E-state index < -0.39 is 0 Å². The molecule has 1 amide bonds. The minimum absolute atomic E-state index is 0.286. The monoisotopic (exact) mass is 344 g/mol.